The molecule has 0 aliphatic heterocycles. The van der Waals surface area contributed by atoms with E-state index >= 15 is 0 Å². The molecule has 0 rings (SSSR count). The zero-order chi connectivity index (χ0) is 9.78. The third-order valence-corrected chi connectivity index (χ3v) is 2.54. The van der Waals surface area contributed by atoms with Crippen molar-refractivity contribution >= 4 is 0 Å². The summed E-state index contributed by atoms with van der Waals surface area (Å²) in [4.78, 5) is 2.29. The number of rotatable bonds is 5. The first-order valence-electron chi connectivity index (χ1n) is 4.79. The summed E-state index contributed by atoms with van der Waals surface area (Å²) >= 11 is 0. The van der Waals surface area contributed by atoms with E-state index in [1.807, 2.05) is 0 Å². The molecular weight excluding hydrogens is 148 g/mol. The molecule has 0 radical (unpaired) electrons. The molecule has 0 saturated carbocycles. The minimum absolute atomic E-state index is 0.283. The molecule has 0 spiro atoms. The van der Waals surface area contributed by atoms with Gasteiger partial charge < -0.3 is 10.6 Å². The van der Waals surface area contributed by atoms with Crippen molar-refractivity contribution in [1.82, 2.24) is 4.90 Å². The van der Waals surface area contributed by atoms with Crippen LogP contribution in [0.15, 0.2) is 0 Å². The first-order chi connectivity index (χ1) is 5.43. The van der Waals surface area contributed by atoms with E-state index < -0.39 is 0 Å². The number of nitrogens with two attached hydrogens (primary N) is 1. The van der Waals surface area contributed by atoms with Crippen LogP contribution in [0.4, 0.5) is 0 Å². The number of hydrogen-bond acceptors (Lipinski definition) is 2. The predicted octanol–water partition coefficient (Wildman–Crippen LogP) is 1.70. The molecule has 0 aromatic rings. The first kappa shape index (κ1) is 11.9. The smallest absolute Gasteiger partial charge is 0.00921 e. The molecule has 0 heterocycles. The van der Waals surface area contributed by atoms with Crippen molar-refractivity contribution in [2.24, 2.45) is 11.1 Å². The topological polar surface area (TPSA) is 29.3 Å². The van der Waals surface area contributed by atoms with Crippen LogP contribution < -0.4 is 5.73 Å². The highest BCUT2D eigenvalue weighted by Gasteiger charge is 2.21. The maximum absolute atomic E-state index is 5.69. The summed E-state index contributed by atoms with van der Waals surface area (Å²) in [5.41, 5.74) is 5.97. The van der Waals surface area contributed by atoms with Gasteiger partial charge in [-0.05, 0) is 38.9 Å². The summed E-state index contributed by atoms with van der Waals surface area (Å²) in [6.45, 7) is 7.48. The van der Waals surface area contributed by atoms with Crippen molar-refractivity contribution in [2.45, 2.75) is 39.7 Å². The third kappa shape index (κ3) is 4.07. The minimum atomic E-state index is 0.283. The average Bonchev–Trinajstić information content (AvgIpc) is 2.00. The summed E-state index contributed by atoms with van der Waals surface area (Å²) in [7, 11) is 4.28. The fourth-order valence-electron chi connectivity index (χ4n) is 1.41. The SMILES string of the molecule is CCC(CC(C)(C)CN)N(C)C. The largest absolute Gasteiger partial charge is 0.330 e. The van der Waals surface area contributed by atoms with Gasteiger partial charge in [-0.15, -0.1) is 0 Å². The average molecular weight is 172 g/mol. The fraction of sp³-hybridized carbons (Fsp3) is 1.00. The fourth-order valence-corrected chi connectivity index (χ4v) is 1.41. The third-order valence-electron chi connectivity index (χ3n) is 2.54. The van der Waals surface area contributed by atoms with Crippen molar-refractivity contribution < 1.29 is 0 Å². The van der Waals surface area contributed by atoms with Gasteiger partial charge in [0.1, 0.15) is 0 Å². The van der Waals surface area contributed by atoms with E-state index in [0.717, 1.165) is 6.54 Å². The summed E-state index contributed by atoms with van der Waals surface area (Å²) in [6, 6.07) is 0.670. The lowest BCUT2D eigenvalue weighted by atomic mass is 9.85. The zero-order valence-corrected chi connectivity index (χ0v) is 9.22. The van der Waals surface area contributed by atoms with E-state index in [1.165, 1.54) is 12.8 Å². The van der Waals surface area contributed by atoms with E-state index in [4.69, 9.17) is 5.73 Å². The predicted molar refractivity (Wildman–Crippen MR) is 55.2 cm³/mol. The van der Waals surface area contributed by atoms with Gasteiger partial charge in [-0.3, -0.25) is 0 Å². The Bertz CT molecular complexity index is 119. The monoisotopic (exact) mass is 172 g/mol. The van der Waals surface area contributed by atoms with Crippen molar-refractivity contribution in [1.29, 1.82) is 0 Å². The zero-order valence-electron chi connectivity index (χ0n) is 9.22. The molecule has 2 nitrogen and oxygen atoms in total. The molecule has 0 bridgehead atoms. The van der Waals surface area contributed by atoms with Gasteiger partial charge in [-0.2, -0.15) is 0 Å². The molecule has 0 aliphatic carbocycles. The van der Waals surface area contributed by atoms with E-state index in [0.29, 0.717) is 6.04 Å². The van der Waals surface area contributed by atoms with Crippen molar-refractivity contribution in [3.05, 3.63) is 0 Å². The van der Waals surface area contributed by atoms with Crippen LogP contribution in [0, 0.1) is 5.41 Å². The summed E-state index contributed by atoms with van der Waals surface area (Å²) in [5, 5.41) is 0. The van der Waals surface area contributed by atoms with Gasteiger partial charge in [-0.1, -0.05) is 20.8 Å². The normalized spacial score (nSPS) is 15.2. The Morgan fingerprint density at radius 3 is 2.08 bits per heavy atom. The minimum Gasteiger partial charge on any atom is -0.330 e. The number of hydrogen-bond donors (Lipinski definition) is 1. The number of nitrogens with zero attached hydrogens (tertiary/aromatic N) is 1. The van der Waals surface area contributed by atoms with Crippen LogP contribution in [-0.2, 0) is 0 Å². The quantitative estimate of drug-likeness (QED) is 0.684. The van der Waals surface area contributed by atoms with Crippen LogP contribution >= 0.6 is 0 Å². The van der Waals surface area contributed by atoms with Gasteiger partial charge in [0.25, 0.3) is 0 Å². The summed E-state index contributed by atoms with van der Waals surface area (Å²) in [6.07, 6.45) is 2.39. The van der Waals surface area contributed by atoms with E-state index in [-0.39, 0.29) is 5.41 Å². The second kappa shape index (κ2) is 4.83. The standard InChI is InChI=1S/C10H24N2/c1-6-9(12(4)5)7-10(2,3)8-11/h9H,6-8,11H2,1-5H3. The Morgan fingerprint density at radius 2 is 1.83 bits per heavy atom. The Hall–Kier alpha value is -0.0800. The molecule has 1 atom stereocenters. The molecule has 0 fully saturated rings. The van der Waals surface area contributed by atoms with Gasteiger partial charge in [0.05, 0.1) is 0 Å². The summed E-state index contributed by atoms with van der Waals surface area (Å²) < 4.78 is 0. The molecule has 0 aromatic carbocycles. The lowest BCUT2D eigenvalue weighted by Gasteiger charge is -2.31. The Morgan fingerprint density at radius 1 is 1.33 bits per heavy atom. The molecule has 12 heavy (non-hydrogen) atoms. The van der Waals surface area contributed by atoms with Crippen LogP contribution in [0.5, 0.6) is 0 Å². The van der Waals surface area contributed by atoms with Crippen LogP contribution in [0.2, 0.25) is 0 Å². The highest BCUT2D eigenvalue weighted by Crippen LogP contribution is 2.23. The molecule has 0 saturated heterocycles. The summed E-state index contributed by atoms with van der Waals surface area (Å²) in [5.74, 6) is 0. The second-order valence-corrected chi connectivity index (χ2v) is 4.60. The van der Waals surface area contributed by atoms with Gasteiger partial charge in [0.2, 0.25) is 0 Å². The molecule has 2 heteroatoms. The maximum Gasteiger partial charge on any atom is 0.00921 e. The molecule has 0 aliphatic rings. The Balaban J connectivity index is 4.01. The maximum atomic E-state index is 5.69. The van der Waals surface area contributed by atoms with Crippen molar-refractivity contribution in [2.75, 3.05) is 20.6 Å². The van der Waals surface area contributed by atoms with Gasteiger partial charge in [0, 0.05) is 6.04 Å². The Labute approximate surface area is 77.1 Å². The van der Waals surface area contributed by atoms with Crippen LogP contribution in [0.25, 0.3) is 0 Å². The van der Waals surface area contributed by atoms with Gasteiger partial charge in [0.15, 0.2) is 0 Å². The van der Waals surface area contributed by atoms with Crippen molar-refractivity contribution in [3.63, 3.8) is 0 Å². The van der Waals surface area contributed by atoms with Gasteiger partial charge >= 0.3 is 0 Å². The lowest BCUT2D eigenvalue weighted by molar-refractivity contribution is 0.196. The lowest BCUT2D eigenvalue weighted by Crippen LogP contribution is -2.35. The van der Waals surface area contributed by atoms with Crippen LogP contribution in [0.1, 0.15) is 33.6 Å². The van der Waals surface area contributed by atoms with E-state index in [9.17, 15) is 0 Å². The van der Waals surface area contributed by atoms with Crippen molar-refractivity contribution in [3.8, 4) is 0 Å². The molecule has 0 amide bonds. The highest BCUT2D eigenvalue weighted by atomic mass is 15.1. The van der Waals surface area contributed by atoms with E-state index in [2.05, 4.69) is 39.8 Å². The second-order valence-electron chi connectivity index (χ2n) is 4.60. The van der Waals surface area contributed by atoms with E-state index in [1.54, 1.807) is 0 Å². The Kier molecular flexibility index (Phi) is 4.80. The first-order valence-corrected chi connectivity index (χ1v) is 4.79. The molecule has 0 aromatic heterocycles. The van der Waals surface area contributed by atoms with Crippen LogP contribution in [0.3, 0.4) is 0 Å². The molecule has 74 valence electrons. The highest BCUT2D eigenvalue weighted by molar-refractivity contribution is 4.77. The molecular formula is C10H24N2. The molecule has 1 unspecified atom stereocenters. The van der Waals surface area contributed by atoms with Gasteiger partial charge in [-0.25, -0.2) is 0 Å². The van der Waals surface area contributed by atoms with Crippen LogP contribution in [-0.4, -0.2) is 31.6 Å². The molecule has 2 N–H and O–H groups in total.